The van der Waals surface area contributed by atoms with Crippen molar-refractivity contribution in [2.75, 3.05) is 26.2 Å². The van der Waals surface area contributed by atoms with Crippen LogP contribution >= 0.6 is 11.6 Å². The summed E-state index contributed by atoms with van der Waals surface area (Å²) in [5, 5.41) is 3.93. The van der Waals surface area contributed by atoms with Crippen LogP contribution in [0.4, 0.5) is 0 Å². The molecule has 1 saturated heterocycles. The third-order valence-electron chi connectivity index (χ3n) is 6.08. The minimum Gasteiger partial charge on any atom is -0.459 e. The van der Waals surface area contributed by atoms with E-state index >= 15 is 0 Å². The highest BCUT2D eigenvalue weighted by Gasteiger charge is 2.33. The van der Waals surface area contributed by atoms with Gasteiger partial charge in [-0.1, -0.05) is 43.0 Å². The fraction of sp³-hybridized carbons (Fsp3) is 0.478. The van der Waals surface area contributed by atoms with Crippen LogP contribution in [0, 0.1) is 0 Å². The third kappa shape index (κ3) is 4.87. The summed E-state index contributed by atoms with van der Waals surface area (Å²) in [5.41, 5.74) is 0.929. The zero-order chi connectivity index (χ0) is 20.9. The molecule has 1 aliphatic heterocycles. The monoisotopic (exact) mass is 429 g/mol. The molecular formula is C23H28ClN3O3. The maximum Gasteiger partial charge on any atom is 0.289 e. The van der Waals surface area contributed by atoms with Crippen molar-refractivity contribution in [2.45, 2.75) is 44.2 Å². The van der Waals surface area contributed by atoms with Crippen molar-refractivity contribution in [1.29, 1.82) is 0 Å². The molecule has 1 N–H and O–H groups in total. The molecule has 1 saturated carbocycles. The number of nitrogens with zero attached hydrogens (tertiary/aromatic N) is 2. The van der Waals surface area contributed by atoms with Crippen molar-refractivity contribution < 1.29 is 14.0 Å². The van der Waals surface area contributed by atoms with Crippen molar-refractivity contribution in [3.05, 3.63) is 59.0 Å². The fourth-order valence-corrected chi connectivity index (χ4v) is 4.57. The van der Waals surface area contributed by atoms with Crippen LogP contribution in [0.15, 0.2) is 47.1 Å². The molecule has 2 heterocycles. The summed E-state index contributed by atoms with van der Waals surface area (Å²) in [6, 6.07) is 10.8. The topological polar surface area (TPSA) is 65.8 Å². The summed E-state index contributed by atoms with van der Waals surface area (Å²) >= 11 is 6.07. The van der Waals surface area contributed by atoms with Crippen LogP contribution in [0.3, 0.4) is 0 Å². The van der Waals surface area contributed by atoms with Crippen molar-refractivity contribution in [3.8, 4) is 0 Å². The Balaban J connectivity index is 1.46. The fourth-order valence-electron chi connectivity index (χ4n) is 4.44. The quantitative estimate of drug-likeness (QED) is 0.783. The molecule has 1 atom stereocenters. The molecule has 1 aliphatic carbocycles. The van der Waals surface area contributed by atoms with Crippen LogP contribution < -0.4 is 5.32 Å². The molecule has 7 heteroatoms. The van der Waals surface area contributed by atoms with Crippen molar-refractivity contribution in [2.24, 2.45) is 0 Å². The van der Waals surface area contributed by atoms with Crippen LogP contribution in [0.2, 0.25) is 5.02 Å². The van der Waals surface area contributed by atoms with Gasteiger partial charge in [-0.05, 0) is 42.7 Å². The van der Waals surface area contributed by atoms with E-state index in [-0.39, 0.29) is 23.9 Å². The smallest absolute Gasteiger partial charge is 0.289 e. The second-order valence-corrected chi connectivity index (χ2v) is 8.54. The first-order valence-corrected chi connectivity index (χ1v) is 11.1. The first-order valence-electron chi connectivity index (χ1n) is 10.7. The Bertz CT molecular complexity index is 839. The van der Waals surface area contributed by atoms with Gasteiger partial charge in [0.25, 0.3) is 5.91 Å². The molecule has 160 valence electrons. The molecule has 0 radical (unpaired) electrons. The first kappa shape index (κ1) is 20.9. The molecule has 2 fully saturated rings. The summed E-state index contributed by atoms with van der Waals surface area (Å²) in [7, 11) is 0. The summed E-state index contributed by atoms with van der Waals surface area (Å²) in [5.74, 6) is 0.289. The van der Waals surface area contributed by atoms with Gasteiger partial charge in [0.15, 0.2) is 5.76 Å². The van der Waals surface area contributed by atoms with E-state index in [0.29, 0.717) is 37.0 Å². The Labute approximate surface area is 182 Å². The van der Waals surface area contributed by atoms with Gasteiger partial charge in [-0.3, -0.25) is 14.5 Å². The molecule has 30 heavy (non-hydrogen) atoms. The van der Waals surface area contributed by atoms with Gasteiger partial charge in [-0.2, -0.15) is 0 Å². The van der Waals surface area contributed by atoms with Gasteiger partial charge < -0.3 is 14.6 Å². The number of rotatable bonds is 5. The number of halogens is 1. The molecular weight excluding hydrogens is 402 g/mol. The second-order valence-electron chi connectivity index (χ2n) is 8.10. The third-order valence-corrected chi connectivity index (χ3v) is 6.34. The molecule has 1 aromatic heterocycles. The number of hydrogen-bond acceptors (Lipinski definition) is 4. The van der Waals surface area contributed by atoms with Gasteiger partial charge in [-0.25, -0.2) is 0 Å². The van der Waals surface area contributed by atoms with E-state index in [1.54, 1.807) is 17.0 Å². The van der Waals surface area contributed by atoms with Crippen molar-refractivity contribution >= 4 is 23.4 Å². The van der Waals surface area contributed by atoms with Gasteiger partial charge in [-0.15, -0.1) is 0 Å². The standard InChI is InChI=1S/C23H28ClN3O3/c24-18-10-8-17(9-11-18)21(22(28)25-19-5-2-1-3-6-19)26-12-14-27(15-13-26)23(29)20-7-4-16-30-20/h4,7-11,16,19,21H,1-3,5-6,12-15H2,(H,25,28)/t21-/m1/s1. The molecule has 0 bridgehead atoms. The Hall–Kier alpha value is -2.31. The average Bonchev–Trinajstić information content (AvgIpc) is 3.31. The molecule has 0 unspecified atom stereocenters. The zero-order valence-electron chi connectivity index (χ0n) is 17.1. The van der Waals surface area contributed by atoms with Crippen LogP contribution in [0.25, 0.3) is 0 Å². The van der Waals surface area contributed by atoms with E-state index in [1.807, 2.05) is 24.3 Å². The van der Waals surface area contributed by atoms with E-state index < -0.39 is 0 Å². The van der Waals surface area contributed by atoms with Gasteiger partial charge >= 0.3 is 0 Å². The predicted octanol–water partition coefficient (Wildman–Crippen LogP) is 3.88. The Morgan fingerprint density at radius 3 is 2.33 bits per heavy atom. The average molecular weight is 430 g/mol. The summed E-state index contributed by atoms with van der Waals surface area (Å²) in [6.07, 6.45) is 7.19. The van der Waals surface area contributed by atoms with E-state index in [9.17, 15) is 9.59 Å². The number of nitrogens with one attached hydrogen (secondary N) is 1. The molecule has 2 amide bonds. The lowest BCUT2D eigenvalue weighted by molar-refractivity contribution is -0.128. The lowest BCUT2D eigenvalue weighted by Gasteiger charge is -2.39. The summed E-state index contributed by atoms with van der Waals surface area (Å²) < 4.78 is 5.24. The number of carbonyl (C=O) groups excluding carboxylic acids is 2. The number of piperazine rings is 1. The van der Waals surface area contributed by atoms with Crippen LogP contribution in [-0.2, 0) is 4.79 Å². The number of benzene rings is 1. The molecule has 6 nitrogen and oxygen atoms in total. The second kappa shape index (κ2) is 9.67. The normalized spacial score (nSPS) is 19.4. The molecule has 4 rings (SSSR count). The minimum absolute atomic E-state index is 0.0371. The molecule has 2 aliphatic rings. The number of amides is 2. The predicted molar refractivity (Wildman–Crippen MR) is 115 cm³/mol. The maximum absolute atomic E-state index is 13.3. The maximum atomic E-state index is 13.3. The summed E-state index contributed by atoms with van der Waals surface area (Å²) in [6.45, 7) is 2.36. The lowest BCUT2D eigenvalue weighted by atomic mass is 9.94. The van der Waals surface area contributed by atoms with Gasteiger partial charge in [0.1, 0.15) is 6.04 Å². The first-order chi connectivity index (χ1) is 14.6. The number of carbonyl (C=O) groups is 2. The van der Waals surface area contributed by atoms with Gasteiger partial charge in [0.2, 0.25) is 5.91 Å². The highest BCUT2D eigenvalue weighted by molar-refractivity contribution is 6.30. The van der Waals surface area contributed by atoms with E-state index in [1.165, 1.54) is 25.5 Å². The van der Waals surface area contributed by atoms with E-state index in [0.717, 1.165) is 18.4 Å². The number of hydrogen-bond donors (Lipinski definition) is 1. The van der Waals surface area contributed by atoms with Crippen LogP contribution in [-0.4, -0.2) is 53.8 Å². The van der Waals surface area contributed by atoms with Crippen LogP contribution in [0.5, 0.6) is 0 Å². The molecule has 2 aromatic rings. The Kier molecular flexibility index (Phi) is 6.75. The Morgan fingerprint density at radius 1 is 1.00 bits per heavy atom. The van der Waals surface area contributed by atoms with E-state index in [2.05, 4.69) is 10.2 Å². The van der Waals surface area contributed by atoms with Gasteiger partial charge in [0, 0.05) is 37.2 Å². The van der Waals surface area contributed by atoms with Crippen molar-refractivity contribution in [3.63, 3.8) is 0 Å². The zero-order valence-corrected chi connectivity index (χ0v) is 17.8. The molecule has 1 aromatic carbocycles. The minimum atomic E-state index is -0.384. The Morgan fingerprint density at radius 2 is 1.70 bits per heavy atom. The van der Waals surface area contributed by atoms with Crippen LogP contribution in [0.1, 0.15) is 54.3 Å². The van der Waals surface area contributed by atoms with Crippen molar-refractivity contribution in [1.82, 2.24) is 15.1 Å². The largest absolute Gasteiger partial charge is 0.459 e. The number of furan rings is 1. The summed E-state index contributed by atoms with van der Waals surface area (Å²) in [4.78, 5) is 29.8. The molecule has 0 spiro atoms. The van der Waals surface area contributed by atoms with Gasteiger partial charge in [0.05, 0.1) is 6.26 Å². The lowest BCUT2D eigenvalue weighted by Crippen LogP contribution is -2.53. The highest BCUT2D eigenvalue weighted by atomic mass is 35.5. The van der Waals surface area contributed by atoms with E-state index in [4.69, 9.17) is 16.0 Å². The highest BCUT2D eigenvalue weighted by Crippen LogP contribution is 2.26. The SMILES string of the molecule is O=C(NC1CCCCC1)[C@@H](c1ccc(Cl)cc1)N1CCN(C(=O)c2ccco2)CC1.